The molecule has 188 valence electrons. The van der Waals surface area contributed by atoms with Crippen molar-refractivity contribution in [2.75, 3.05) is 0 Å². The van der Waals surface area contributed by atoms with Crippen molar-refractivity contribution in [1.29, 1.82) is 0 Å². The van der Waals surface area contributed by atoms with Gasteiger partial charge in [0.15, 0.2) is 11.6 Å². The number of hydrogen-bond donors (Lipinski definition) is 1. The predicted octanol–water partition coefficient (Wildman–Crippen LogP) is 7.76. The van der Waals surface area contributed by atoms with Crippen LogP contribution in [-0.4, -0.2) is 11.6 Å². The maximum absolute atomic E-state index is 13.7. The molecule has 1 aliphatic heterocycles. The van der Waals surface area contributed by atoms with Crippen molar-refractivity contribution in [3.63, 3.8) is 0 Å². The molecular formula is C30H31Br2NO3. The molecule has 3 aliphatic rings. The van der Waals surface area contributed by atoms with Gasteiger partial charge in [-0.3, -0.25) is 9.59 Å². The van der Waals surface area contributed by atoms with Crippen molar-refractivity contribution in [3.05, 3.63) is 85.1 Å². The highest BCUT2D eigenvalue weighted by Crippen LogP contribution is 2.53. The van der Waals surface area contributed by atoms with E-state index in [4.69, 9.17) is 4.74 Å². The van der Waals surface area contributed by atoms with Gasteiger partial charge in [-0.15, -0.1) is 0 Å². The van der Waals surface area contributed by atoms with E-state index in [-0.39, 0.29) is 22.4 Å². The number of ketones is 2. The van der Waals surface area contributed by atoms with E-state index in [1.165, 1.54) is 0 Å². The second kappa shape index (κ2) is 9.29. The maximum atomic E-state index is 13.7. The second-order valence-corrected chi connectivity index (χ2v) is 13.6. The average Bonchev–Trinajstić information content (AvgIpc) is 2.75. The molecule has 0 fully saturated rings. The van der Waals surface area contributed by atoms with Gasteiger partial charge >= 0.3 is 0 Å². The molecule has 0 radical (unpaired) electrons. The van der Waals surface area contributed by atoms with Crippen LogP contribution in [0, 0.1) is 10.8 Å². The van der Waals surface area contributed by atoms with Crippen LogP contribution in [0.3, 0.4) is 0 Å². The molecule has 0 saturated carbocycles. The first kappa shape index (κ1) is 25.5. The Labute approximate surface area is 229 Å². The van der Waals surface area contributed by atoms with Crippen molar-refractivity contribution >= 4 is 43.4 Å². The van der Waals surface area contributed by atoms with E-state index >= 15 is 0 Å². The molecule has 0 saturated heterocycles. The second-order valence-electron chi connectivity index (χ2n) is 11.8. The molecule has 4 nitrogen and oxygen atoms in total. The van der Waals surface area contributed by atoms with Gasteiger partial charge in [0.25, 0.3) is 0 Å². The van der Waals surface area contributed by atoms with E-state index in [0.29, 0.717) is 25.2 Å². The molecule has 36 heavy (non-hydrogen) atoms. The van der Waals surface area contributed by atoms with E-state index in [0.717, 1.165) is 55.5 Å². The Morgan fingerprint density at radius 2 is 1.42 bits per heavy atom. The fourth-order valence-corrected chi connectivity index (χ4v) is 7.25. The number of Topliss-reactive ketones (excluding diaryl/α,β-unsaturated/α-hetero) is 2. The van der Waals surface area contributed by atoms with Gasteiger partial charge < -0.3 is 10.1 Å². The zero-order chi connectivity index (χ0) is 25.8. The molecule has 5 rings (SSSR count). The summed E-state index contributed by atoms with van der Waals surface area (Å²) in [6.45, 7) is 8.92. The Morgan fingerprint density at radius 3 is 1.97 bits per heavy atom. The lowest BCUT2D eigenvalue weighted by molar-refractivity contribution is -0.119. The molecule has 0 spiro atoms. The molecule has 1 heterocycles. The van der Waals surface area contributed by atoms with Crippen LogP contribution < -0.4 is 10.1 Å². The van der Waals surface area contributed by atoms with Crippen molar-refractivity contribution in [3.8, 4) is 5.75 Å². The Hall–Kier alpha value is -2.18. The van der Waals surface area contributed by atoms with Gasteiger partial charge in [-0.1, -0.05) is 74.0 Å². The number of ether oxygens (including phenoxy) is 1. The first-order chi connectivity index (χ1) is 16.9. The number of dihydropyridines is 1. The van der Waals surface area contributed by atoms with E-state index < -0.39 is 5.92 Å². The fraction of sp³-hybridized carbons (Fsp3) is 0.400. The zero-order valence-electron chi connectivity index (χ0n) is 21.1. The van der Waals surface area contributed by atoms with E-state index in [2.05, 4.69) is 64.9 Å². The minimum Gasteiger partial charge on any atom is -0.487 e. The third-order valence-electron chi connectivity index (χ3n) is 7.29. The number of allylic oxidation sites excluding steroid dienone is 4. The molecule has 2 aliphatic carbocycles. The van der Waals surface area contributed by atoms with Gasteiger partial charge in [0.05, 0.1) is 4.47 Å². The first-order valence-electron chi connectivity index (χ1n) is 12.4. The molecule has 0 amide bonds. The lowest BCUT2D eigenvalue weighted by atomic mass is 9.64. The Balaban J connectivity index is 1.69. The number of halogens is 2. The standard InChI is InChI=1S/C30H31Br2NO3/c1-29(2)12-21-26(23(34)14-29)25(27-22(33-21)13-30(3,4)15-24(27)35)19-10-18(31)11-20(32)28(19)36-16-17-8-6-5-7-9-17/h5-11,25,33H,12-16H2,1-4H3. The average molecular weight is 613 g/mol. The smallest absolute Gasteiger partial charge is 0.162 e. The Kier molecular flexibility index (Phi) is 6.57. The summed E-state index contributed by atoms with van der Waals surface area (Å²) in [6.07, 6.45) is 2.46. The third-order valence-corrected chi connectivity index (χ3v) is 8.34. The topological polar surface area (TPSA) is 55.4 Å². The van der Waals surface area contributed by atoms with Gasteiger partial charge in [0.2, 0.25) is 0 Å². The normalized spacial score (nSPS) is 21.2. The first-order valence-corrected chi connectivity index (χ1v) is 14.0. The molecule has 6 heteroatoms. The van der Waals surface area contributed by atoms with Gasteiger partial charge in [0.1, 0.15) is 12.4 Å². The molecule has 0 bridgehead atoms. The van der Waals surface area contributed by atoms with Crippen LogP contribution in [0.15, 0.2) is 74.0 Å². The van der Waals surface area contributed by atoms with Crippen molar-refractivity contribution in [1.82, 2.24) is 5.32 Å². The van der Waals surface area contributed by atoms with Gasteiger partial charge in [-0.25, -0.2) is 0 Å². The molecule has 0 aromatic heterocycles. The Morgan fingerprint density at radius 1 is 0.861 bits per heavy atom. The quantitative estimate of drug-likeness (QED) is 0.383. The largest absolute Gasteiger partial charge is 0.487 e. The van der Waals surface area contributed by atoms with Crippen molar-refractivity contribution in [2.24, 2.45) is 10.8 Å². The molecule has 1 N–H and O–H groups in total. The minimum atomic E-state index is -0.456. The van der Waals surface area contributed by atoms with Crippen molar-refractivity contribution < 1.29 is 14.3 Å². The predicted molar refractivity (Wildman–Crippen MR) is 149 cm³/mol. The van der Waals surface area contributed by atoms with Crippen LogP contribution in [0.25, 0.3) is 0 Å². The molecule has 2 aromatic carbocycles. The SMILES string of the molecule is CC1(C)CC(=O)C2=C(C1)NC1=C(C(=O)CC(C)(C)C1)C2c1cc(Br)cc(Br)c1OCc1ccccc1. The summed E-state index contributed by atoms with van der Waals surface area (Å²) in [5, 5.41) is 3.59. The summed E-state index contributed by atoms with van der Waals surface area (Å²) in [4.78, 5) is 27.4. The van der Waals surface area contributed by atoms with E-state index in [1.54, 1.807) is 0 Å². The van der Waals surface area contributed by atoms with Crippen LogP contribution >= 0.6 is 31.9 Å². The lowest BCUT2D eigenvalue weighted by Crippen LogP contribution is -2.42. The fourth-order valence-electron chi connectivity index (χ4n) is 5.88. The summed E-state index contributed by atoms with van der Waals surface area (Å²) >= 11 is 7.36. The van der Waals surface area contributed by atoms with E-state index in [9.17, 15) is 9.59 Å². The Bertz CT molecular complexity index is 1270. The highest BCUT2D eigenvalue weighted by atomic mass is 79.9. The van der Waals surface area contributed by atoms with Gasteiger partial charge in [0, 0.05) is 51.3 Å². The van der Waals surface area contributed by atoms with Crippen LogP contribution in [0.5, 0.6) is 5.75 Å². The summed E-state index contributed by atoms with van der Waals surface area (Å²) in [5.41, 5.74) is 4.97. The highest BCUT2D eigenvalue weighted by Gasteiger charge is 2.47. The summed E-state index contributed by atoms with van der Waals surface area (Å²) < 4.78 is 8.07. The number of carbonyl (C=O) groups is 2. The monoisotopic (exact) mass is 611 g/mol. The van der Waals surface area contributed by atoms with Gasteiger partial charge in [-0.05, 0) is 57.3 Å². The van der Waals surface area contributed by atoms with Crippen LogP contribution in [-0.2, 0) is 16.2 Å². The summed E-state index contributed by atoms with van der Waals surface area (Å²) in [6, 6.07) is 14.0. The van der Waals surface area contributed by atoms with Crippen molar-refractivity contribution in [2.45, 2.75) is 65.9 Å². The molecular weight excluding hydrogens is 582 g/mol. The van der Waals surface area contributed by atoms with Gasteiger partial charge in [-0.2, -0.15) is 0 Å². The highest BCUT2D eigenvalue weighted by molar-refractivity contribution is 9.11. The number of rotatable bonds is 4. The molecule has 0 atom stereocenters. The minimum absolute atomic E-state index is 0.105. The number of hydrogen-bond acceptors (Lipinski definition) is 4. The maximum Gasteiger partial charge on any atom is 0.162 e. The van der Waals surface area contributed by atoms with Crippen LogP contribution in [0.2, 0.25) is 0 Å². The van der Waals surface area contributed by atoms with Crippen LogP contribution in [0.1, 0.15) is 70.4 Å². The zero-order valence-corrected chi connectivity index (χ0v) is 24.3. The third kappa shape index (κ3) is 4.87. The summed E-state index contributed by atoms with van der Waals surface area (Å²) in [7, 11) is 0. The van der Waals surface area contributed by atoms with Crippen LogP contribution in [0.4, 0.5) is 0 Å². The molecule has 2 aromatic rings. The number of carbonyl (C=O) groups excluding carboxylic acids is 2. The number of benzene rings is 2. The van der Waals surface area contributed by atoms with E-state index in [1.807, 2.05) is 42.5 Å². The summed E-state index contributed by atoms with van der Waals surface area (Å²) in [5.74, 6) is 0.423. The lowest BCUT2D eigenvalue weighted by Gasteiger charge is -2.44. The molecule has 0 unspecified atom stereocenters. The number of nitrogens with one attached hydrogen (secondary N) is 1.